The summed E-state index contributed by atoms with van der Waals surface area (Å²) in [4.78, 5) is 2.54. The Balaban J connectivity index is 1.50. The lowest BCUT2D eigenvalue weighted by Gasteiger charge is -2.26. The lowest BCUT2D eigenvalue weighted by Crippen LogP contribution is -2.34. The van der Waals surface area contributed by atoms with Crippen LogP contribution in [0.5, 0.6) is 0 Å². The molecular weight excluding hydrogens is 200 g/mol. The normalized spacial score (nSPS) is 32.1. The average Bonchev–Trinajstić information content (AvgIpc) is 2.77. The van der Waals surface area contributed by atoms with E-state index >= 15 is 0 Å². The molecule has 2 aliphatic rings. The molecular formula is C13H26N2O. The summed E-state index contributed by atoms with van der Waals surface area (Å²) < 4.78 is 0. The van der Waals surface area contributed by atoms with Gasteiger partial charge in [0.05, 0.1) is 6.10 Å². The number of aliphatic hydroxyl groups excluding tert-OH is 1. The molecule has 1 saturated heterocycles. The predicted molar refractivity (Wildman–Crippen MR) is 66.5 cm³/mol. The van der Waals surface area contributed by atoms with Gasteiger partial charge in [-0.25, -0.2) is 0 Å². The van der Waals surface area contributed by atoms with Gasteiger partial charge in [-0.3, -0.25) is 0 Å². The predicted octanol–water partition coefficient (Wildman–Crippen LogP) is 1.22. The molecule has 0 amide bonds. The average molecular weight is 226 g/mol. The van der Waals surface area contributed by atoms with Crippen molar-refractivity contribution in [1.82, 2.24) is 10.2 Å². The van der Waals surface area contributed by atoms with Crippen molar-refractivity contribution in [1.29, 1.82) is 0 Å². The molecule has 0 aromatic heterocycles. The molecule has 2 rings (SSSR count). The lowest BCUT2D eigenvalue weighted by atomic mass is 9.87. The second-order valence-corrected chi connectivity index (χ2v) is 5.44. The molecule has 2 N–H and O–H groups in total. The first-order valence-corrected chi connectivity index (χ1v) is 6.96. The minimum atomic E-state index is -0.0286. The van der Waals surface area contributed by atoms with Gasteiger partial charge in [0.25, 0.3) is 0 Å². The van der Waals surface area contributed by atoms with Crippen molar-refractivity contribution < 1.29 is 5.11 Å². The van der Waals surface area contributed by atoms with Gasteiger partial charge in [0, 0.05) is 13.1 Å². The molecule has 2 fully saturated rings. The monoisotopic (exact) mass is 226 g/mol. The fourth-order valence-corrected chi connectivity index (χ4v) is 3.00. The van der Waals surface area contributed by atoms with Crippen LogP contribution < -0.4 is 5.32 Å². The number of likely N-dealkylation sites (tertiary alicyclic amines) is 1. The van der Waals surface area contributed by atoms with Crippen LogP contribution in [0.1, 0.15) is 38.5 Å². The molecule has 3 heteroatoms. The number of nitrogens with one attached hydrogen (secondary N) is 1. The van der Waals surface area contributed by atoms with E-state index in [0.29, 0.717) is 5.92 Å². The highest BCUT2D eigenvalue weighted by Gasteiger charge is 2.19. The van der Waals surface area contributed by atoms with Crippen molar-refractivity contribution in [2.45, 2.75) is 44.6 Å². The quantitative estimate of drug-likeness (QED) is 0.692. The van der Waals surface area contributed by atoms with Crippen molar-refractivity contribution in [3.63, 3.8) is 0 Å². The van der Waals surface area contributed by atoms with Gasteiger partial charge in [-0.05, 0) is 57.7 Å². The molecule has 0 aromatic carbocycles. The van der Waals surface area contributed by atoms with Crippen LogP contribution in [0.2, 0.25) is 0 Å². The zero-order valence-electron chi connectivity index (χ0n) is 10.3. The lowest BCUT2D eigenvalue weighted by molar-refractivity contribution is 0.100. The number of aliphatic hydroxyl groups is 1. The summed E-state index contributed by atoms with van der Waals surface area (Å²) in [6, 6.07) is 0. The Morgan fingerprint density at radius 2 is 1.94 bits per heavy atom. The molecule has 1 aliphatic carbocycles. The van der Waals surface area contributed by atoms with E-state index in [4.69, 9.17) is 0 Å². The smallest absolute Gasteiger partial charge is 0.0543 e. The third-order valence-electron chi connectivity index (χ3n) is 3.99. The zero-order chi connectivity index (χ0) is 11.2. The van der Waals surface area contributed by atoms with Gasteiger partial charge < -0.3 is 15.3 Å². The van der Waals surface area contributed by atoms with Gasteiger partial charge >= 0.3 is 0 Å². The Hall–Kier alpha value is -0.120. The van der Waals surface area contributed by atoms with Crippen molar-refractivity contribution >= 4 is 0 Å². The molecule has 3 nitrogen and oxygen atoms in total. The van der Waals surface area contributed by atoms with Crippen LogP contribution in [0.15, 0.2) is 0 Å². The SMILES string of the molecule is OC1CCCC(CNCCN2CCCC2)C1. The van der Waals surface area contributed by atoms with E-state index in [1.807, 2.05) is 0 Å². The minimum absolute atomic E-state index is 0.0286. The Labute approximate surface area is 99.2 Å². The summed E-state index contributed by atoms with van der Waals surface area (Å²) in [7, 11) is 0. The van der Waals surface area contributed by atoms with E-state index in [2.05, 4.69) is 10.2 Å². The summed E-state index contributed by atoms with van der Waals surface area (Å²) in [5.74, 6) is 0.710. The molecule has 2 unspecified atom stereocenters. The number of hydrogen-bond acceptors (Lipinski definition) is 3. The van der Waals surface area contributed by atoms with E-state index in [1.54, 1.807) is 0 Å². The van der Waals surface area contributed by atoms with Gasteiger partial charge in [-0.15, -0.1) is 0 Å². The minimum Gasteiger partial charge on any atom is -0.393 e. The van der Waals surface area contributed by atoms with E-state index in [9.17, 15) is 5.11 Å². The van der Waals surface area contributed by atoms with Gasteiger partial charge in [0.15, 0.2) is 0 Å². The van der Waals surface area contributed by atoms with Crippen LogP contribution >= 0.6 is 0 Å². The highest BCUT2D eigenvalue weighted by atomic mass is 16.3. The van der Waals surface area contributed by atoms with Crippen molar-refractivity contribution in [2.24, 2.45) is 5.92 Å². The molecule has 0 spiro atoms. The van der Waals surface area contributed by atoms with Gasteiger partial charge in [-0.1, -0.05) is 6.42 Å². The van der Waals surface area contributed by atoms with Crippen LogP contribution in [0.3, 0.4) is 0 Å². The molecule has 0 radical (unpaired) electrons. The van der Waals surface area contributed by atoms with Crippen molar-refractivity contribution in [2.75, 3.05) is 32.7 Å². The van der Waals surface area contributed by atoms with Crippen LogP contribution in [0.4, 0.5) is 0 Å². The molecule has 16 heavy (non-hydrogen) atoms. The first-order valence-electron chi connectivity index (χ1n) is 6.96. The molecule has 94 valence electrons. The van der Waals surface area contributed by atoms with Crippen LogP contribution in [0.25, 0.3) is 0 Å². The maximum Gasteiger partial charge on any atom is 0.0543 e. The van der Waals surface area contributed by atoms with Gasteiger partial charge in [0.1, 0.15) is 0 Å². The van der Waals surface area contributed by atoms with E-state index in [1.165, 1.54) is 45.3 Å². The number of rotatable bonds is 5. The first-order chi connectivity index (χ1) is 7.84. The molecule has 1 saturated carbocycles. The molecule has 1 aliphatic heterocycles. The Bertz CT molecular complexity index is 192. The standard InChI is InChI=1S/C13H26N2O/c16-13-5-3-4-12(10-13)11-14-6-9-15-7-1-2-8-15/h12-14,16H,1-11H2. The molecule has 1 heterocycles. The van der Waals surface area contributed by atoms with E-state index in [0.717, 1.165) is 25.9 Å². The third kappa shape index (κ3) is 4.04. The fourth-order valence-electron chi connectivity index (χ4n) is 3.00. The largest absolute Gasteiger partial charge is 0.393 e. The second kappa shape index (κ2) is 6.58. The first kappa shape index (κ1) is 12.3. The van der Waals surface area contributed by atoms with Crippen molar-refractivity contribution in [3.8, 4) is 0 Å². The van der Waals surface area contributed by atoms with E-state index in [-0.39, 0.29) is 6.10 Å². The maximum absolute atomic E-state index is 9.57. The van der Waals surface area contributed by atoms with Crippen molar-refractivity contribution in [3.05, 3.63) is 0 Å². The van der Waals surface area contributed by atoms with Gasteiger partial charge in [0.2, 0.25) is 0 Å². The second-order valence-electron chi connectivity index (χ2n) is 5.44. The number of hydrogen-bond donors (Lipinski definition) is 2. The number of nitrogens with zero attached hydrogens (tertiary/aromatic N) is 1. The summed E-state index contributed by atoms with van der Waals surface area (Å²) in [6.45, 7) is 6.01. The summed E-state index contributed by atoms with van der Waals surface area (Å²) >= 11 is 0. The van der Waals surface area contributed by atoms with Crippen LogP contribution in [-0.4, -0.2) is 48.8 Å². The Morgan fingerprint density at radius 3 is 2.69 bits per heavy atom. The van der Waals surface area contributed by atoms with Gasteiger partial charge in [-0.2, -0.15) is 0 Å². The van der Waals surface area contributed by atoms with E-state index < -0.39 is 0 Å². The fraction of sp³-hybridized carbons (Fsp3) is 1.00. The molecule has 0 bridgehead atoms. The Kier molecular flexibility index (Phi) is 5.07. The van der Waals surface area contributed by atoms with Crippen LogP contribution in [0, 0.1) is 5.92 Å². The maximum atomic E-state index is 9.57. The van der Waals surface area contributed by atoms with Crippen LogP contribution in [-0.2, 0) is 0 Å². The highest BCUT2D eigenvalue weighted by Crippen LogP contribution is 2.23. The molecule has 0 aromatic rings. The molecule has 2 atom stereocenters. The zero-order valence-corrected chi connectivity index (χ0v) is 10.3. The summed E-state index contributed by atoms with van der Waals surface area (Å²) in [6.07, 6.45) is 7.28. The Morgan fingerprint density at radius 1 is 1.12 bits per heavy atom. The highest BCUT2D eigenvalue weighted by molar-refractivity contribution is 4.74. The summed E-state index contributed by atoms with van der Waals surface area (Å²) in [5.41, 5.74) is 0. The summed E-state index contributed by atoms with van der Waals surface area (Å²) in [5, 5.41) is 13.1. The topological polar surface area (TPSA) is 35.5 Å². The third-order valence-corrected chi connectivity index (χ3v) is 3.99.